The van der Waals surface area contributed by atoms with Gasteiger partial charge in [-0.05, 0) is 0 Å². The molecule has 0 aliphatic rings. The summed E-state index contributed by atoms with van der Waals surface area (Å²) in [5.41, 5.74) is 0. The van der Waals surface area contributed by atoms with Crippen molar-refractivity contribution in [3.8, 4) is 0 Å². The molecule has 0 atom stereocenters. The van der Waals surface area contributed by atoms with Gasteiger partial charge in [-0.25, -0.2) is 0 Å². The Kier molecular flexibility index (Phi) is 12.7. The van der Waals surface area contributed by atoms with Crippen molar-refractivity contribution in [2.24, 2.45) is 0 Å². The van der Waals surface area contributed by atoms with E-state index < -0.39 is 4.25 Å². The van der Waals surface area contributed by atoms with Crippen LogP contribution in [0, 0.1) is 0 Å². The van der Waals surface area contributed by atoms with E-state index >= 15 is 0 Å². The molecular formula is C24H44IP. The van der Waals surface area contributed by atoms with Crippen LogP contribution in [0.1, 0.15) is 97.8 Å². The zero-order chi connectivity index (χ0) is 19.2. The molecule has 0 amide bonds. The molecule has 2 heteroatoms. The van der Waals surface area contributed by atoms with Gasteiger partial charge in [-0.15, -0.1) is 0 Å². The average Bonchev–Trinajstić information content (AvgIpc) is 2.67. The summed E-state index contributed by atoms with van der Waals surface area (Å²) in [5, 5.41) is 1.73. The van der Waals surface area contributed by atoms with E-state index in [2.05, 4.69) is 73.1 Å². The standard InChI is InChI=1S/C24H44IP/c1-4-7-10-16-21-26(25,22-17-11-8-5-2,23-18-12-9-6-3)24-19-14-13-15-20-24/h13-15,19-20H,4-12,16-18,21-23H2,1-3H3. The Labute approximate surface area is 177 Å². The Bertz CT molecular complexity index is 422. The Balaban J connectivity index is 3.00. The van der Waals surface area contributed by atoms with Gasteiger partial charge in [-0.1, -0.05) is 0 Å². The van der Waals surface area contributed by atoms with Crippen molar-refractivity contribution in [2.75, 3.05) is 18.5 Å². The van der Waals surface area contributed by atoms with E-state index in [9.17, 15) is 0 Å². The average molecular weight is 490 g/mol. The first-order valence-electron chi connectivity index (χ1n) is 11.4. The molecule has 0 bridgehead atoms. The molecule has 0 aliphatic carbocycles. The van der Waals surface area contributed by atoms with E-state index in [-0.39, 0.29) is 0 Å². The molecule has 0 unspecified atom stereocenters. The molecule has 0 N–H and O–H groups in total. The van der Waals surface area contributed by atoms with Crippen LogP contribution in [0.2, 0.25) is 0 Å². The summed E-state index contributed by atoms with van der Waals surface area (Å²) in [6.07, 6.45) is 21.3. The van der Waals surface area contributed by atoms with Crippen LogP contribution < -0.4 is 5.30 Å². The van der Waals surface area contributed by atoms with Gasteiger partial charge in [0.25, 0.3) is 0 Å². The molecule has 0 saturated heterocycles. The summed E-state index contributed by atoms with van der Waals surface area (Å²) in [6, 6.07) is 11.7. The summed E-state index contributed by atoms with van der Waals surface area (Å²) in [6.45, 7) is 6.99. The van der Waals surface area contributed by atoms with Gasteiger partial charge < -0.3 is 0 Å². The molecule has 0 aliphatic heterocycles. The summed E-state index contributed by atoms with van der Waals surface area (Å²) < 4.78 is -1.85. The Morgan fingerprint density at radius 1 is 0.577 bits per heavy atom. The molecule has 0 fully saturated rings. The van der Waals surface area contributed by atoms with Crippen molar-refractivity contribution in [3.63, 3.8) is 0 Å². The molecular weight excluding hydrogens is 446 g/mol. The maximum absolute atomic E-state index is 3.06. The SMILES string of the molecule is CCCCCCP(I)(CCCCCC)(CCCCCC)c1ccccc1. The van der Waals surface area contributed by atoms with Crippen LogP contribution in [0.25, 0.3) is 0 Å². The van der Waals surface area contributed by atoms with E-state index in [1.807, 2.05) is 0 Å². The quantitative estimate of drug-likeness (QED) is 0.123. The second-order valence-corrected chi connectivity index (χ2v) is 20.9. The van der Waals surface area contributed by atoms with Gasteiger partial charge >= 0.3 is 178 Å². The van der Waals surface area contributed by atoms with Crippen molar-refractivity contribution >= 4 is 31.6 Å². The zero-order valence-corrected chi connectivity index (χ0v) is 20.9. The number of benzene rings is 1. The van der Waals surface area contributed by atoms with Crippen molar-refractivity contribution < 1.29 is 0 Å². The number of hydrogen-bond donors (Lipinski definition) is 0. The number of rotatable bonds is 16. The van der Waals surface area contributed by atoms with Crippen molar-refractivity contribution in [3.05, 3.63) is 30.3 Å². The Morgan fingerprint density at radius 2 is 0.962 bits per heavy atom. The molecule has 26 heavy (non-hydrogen) atoms. The monoisotopic (exact) mass is 490 g/mol. The van der Waals surface area contributed by atoms with E-state index in [1.54, 1.807) is 5.30 Å². The number of unbranched alkanes of at least 4 members (excludes halogenated alkanes) is 9. The number of halogens is 1. The Hall–Kier alpha value is 0.380. The first-order chi connectivity index (χ1) is 12.6. The fourth-order valence-corrected chi connectivity index (χ4v) is 13.5. The van der Waals surface area contributed by atoms with Gasteiger partial charge in [0, 0.05) is 0 Å². The third-order valence-electron chi connectivity index (χ3n) is 5.97. The van der Waals surface area contributed by atoms with E-state index in [0.29, 0.717) is 0 Å². The number of hydrogen-bond acceptors (Lipinski definition) is 0. The van der Waals surface area contributed by atoms with Crippen molar-refractivity contribution in [1.82, 2.24) is 0 Å². The fourth-order valence-electron chi connectivity index (χ4n) is 4.23. The van der Waals surface area contributed by atoms with Gasteiger partial charge in [-0.2, -0.15) is 0 Å². The first-order valence-corrected chi connectivity index (χ1v) is 17.0. The molecule has 1 aromatic carbocycles. The van der Waals surface area contributed by atoms with E-state index in [1.165, 1.54) is 95.5 Å². The van der Waals surface area contributed by atoms with Crippen LogP contribution in [0.15, 0.2) is 30.3 Å². The Morgan fingerprint density at radius 3 is 1.31 bits per heavy atom. The second kappa shape index (κ2) is 13.5. The molecule has 1 aromatic rings. The molecule has 0 saturated carbocycles. The summed E-state index contributed by atoms with van der Waals surface area (Å²) >= 11 is 3.06. The van der Waals surface area contributed by atoms with Crippen LogP contribution in [0.5, 0.6) is 0 Å². The topological polar surface area (TPSA) is 0 Å². The molecule has 1 rings (SSSR count). The van der Waals surface area contributed by atoms with Gasteiger partial charge in [0.15, 0.2) is 0 Å². The predicted molar refractivity (Wildman–Crippen MR) is 134 cm³/mol. The molecule has 0 spiro atoms. The predicted octanol–water partition coefficient (Wildman–Crippen LogP) is 8.96. The van der Waals surface area contributed by atoms with Gasteiger partial charge in [0.2, 0.25) is 0 Å². The summed E-state index contributed by atoms with van der Waals surface area (Å²) in [4.78, 5) is 0. The normalized spacial score (nSPS) is 13.5. The van der Waals surface area contributed by atoms with Crippen LogP contribution in [0.3, 0.4) is 0 Å². The van der Waals surface area contributed by atoms with Crippen LogP contribution in [-0.2, 0) is 0 Å². The van der Waals surface area contributed by atoms with Crippen LogP contribution >= 0.6 is 26.3 Å². The zero-order valence-electron chi connectivity index (χ0n) is 17.8. The second-order valence-electron chi connectivity index (χ2n) is 8.28. The van der Waals surface area contributed by atoms with Crippen LogP contribution in [0.4, 0.5) is 0 Å². The van der Waals surface area contributed by atoms with Gasteiger partial charge in [-0.3, -0.25) is 0 Å². The molecule has 0 heterocycles. The maximum atomic E-state index is 3.06. The van der Waals surface area contributed by atoms with Gasteiger partial charge in [0.05, 0.1) is 0 Å². The van der Waals surface area contributed by atoms with Crippen molar-refractivity contribution in [1.29, 1.82) is 0 Å². The van der Waals surface area contributed by atoms with E-state index in [4.69, 9.17) is 0 Å². The minimum absolute atomic E-state index is 1.34. The summed E-state index contributed by atoms with van der Waals surface area (Å²) in [7, 11) is 0. The van der Waals surface area contributed by atoms with Crippen molar-refractivity contribution in [2.45, 2.75) is 97.8 Å². The molecule has 0 nitrogen and oxygen atoms in total. The first kappa shape index (κ1) is 24.4. The molecule has 0 aromatic heterocycles. The third kappa shape index (κ3) is 8.17. The minimum atomic E-state index is -1.85. The third-order valence-corrected chi connectivity index (χ3v) is 17.6. The fraction of sp³-hybridized carbons (Fsp3) is 0.750. The molecule has 152 valence electrons. The summed E-state index contributed by atoms with van der Waals surface area (Å²) in [5.74, 6) is 0. The van der Waals surface area contributed by atoms with Gasteiger partial charge in [0.1, 0.15) is 0 Å². The van der Waals surface area contributed by atoms with Crippen LogP contribution in [-0.4, -0.2) is 18.5 Å². The molecule has 0 radical (unpaired) electrons. The van der Waals surface area contributed by atoms with E-state index in [0.717, 1.165) is 0 Å².